The minimum Gasteiger partial charge on any atom is -0.325 e. The number of carbonyl (C=O) groups excluding carboxylic acids is 1. The Bertz CT molecular complexity index is 388. The fraction of sp³-hybridized carbons (Fsp3) is 0.462. The van der Waals surface area contributed by atoms with Crippen molar-refractivity contribution < 1.29 is 4.79 Å². The minimum absolute atomic E-state index is 0.0161. The second kappa shape index (κ2) is 6.37. The van der Waals surface area contributed by atoms with Crippen molar-refractivity contribution in [1.82, 2.24) is 10.2 Å². The van der Waals surface area contributed by atoms with E-state index in [0.717, 1.165) is 17.8 Å². The highest BCUT2D eigenvalue weighted by atomic mass is 16.1. The molecule has 2 N–H and O–H groups in total. The third-order valence-corrected chi connectivity index (χ3v) is 2.41. The number of aryl methyl sites for hydroxylation is 1. The highest BCUT2D eigenvalue weighted by molar-refractivity contribution is 5.93. The van der Waals surface area contributed by atoms with E-state index < -0.39 is 0 Å². The van der Waals surface area contributed by atoms with E-state index in [2.05, 4.69) is 21.6 Å². The van der Waals surface area contributed by atoms with Gasteiger partial charge in [-0.3, -0.25) is 4.79 Å². The van der Waals surface area contributed by atoms with Crippen LogP contribution in [0.5, 0.6) is 0 Å². The highest BCUT2D eigenvalue weighted by Crippen LogP contribution is 2.17. The molecule has 0 fully saturated rings. The Labute approximate surface area is 103 Å². The van der Waals surface area contributed by atoms with Gasteiger partial charge in [0.2, 0.25) is 5.91 Å². The van der Waals surface area contributed by atoms with Gasteiger partial charge in [-0.1, -0.05) is 12.1 Å². The van der Waals surface area contributed by atoms with Crippen LogP contribution < -0.4 is 10.6 Å². The van der Waals surface area contributed by atoms with Gasteiger partial charge in [-0.15, -0.1) is 0 Å². The number of anilines is 1. The molecule has 1 aromatic rings. The molecule has 4 heteroatoms. The van der Waals surface area contributed by atoms with E-state index in [1.165, 1.54) is 5.56 Å². The van der Waals surface area contributed by atoms with Crippen molar-refractivity contribution in [2.45, 2.75) is 13.5 Å². The summed E-state index contributed by atoms with van der Waals surface area (Å²) in [5.74, 6) is -0.0161. The molecule has 1 amide bonds. The molecule has 0 aliphatic rings. The predicted octanol–water partition coefficient (Wildman–Crippen LogP) is 1.21. The highest BCUT2D eigenvalue weighted by Gasteiger charge is 2.05. The van der Waals surface area contributed by atoms with Gasteiger partial charge in [-0.2, -0.15) is 0 Å². The summed E-state index contributed by atoms with van der Waals surface area (Å²) in [6, 6.07) is 6.15. The van der Waals surface area contributed by atoms with Crippen molar-refractivity contribution in [3.05, 3.63) is 29.3 Å². The first-order valence-electron chi connectivity index (χ1n) is 5.71. The van der Waals surface area contributed by atoms with Gasteiger partial charge < -0.3 is 15.5 Å². The van der Waals surface area contributed by atoms with Crippen LogP contribution in [0.25, 0.3) is 0 Å². The Morgan fingerprint density at radius 3 is 2.65 bits per heavy atom. The molecule has 0 heterocycles. The summed E-state index contributed by atoms with van der Waals surface area (Å²) < 4.78 is 0. The Kier molecular flexibility index (Phi) is 5.12. The molecule has 17 heavy (non-hydrogen) atoms. The predicted molar refractivity (Wildman–Crippen MR) is 71.1 cm³/mol. The molecule has 0 aliphatic carbocycles. The van der Waals surface area contributed by atoms with Crippen molar-refractivity contribution >= 4 is 11.6 Å². The average molecular weight is 235 g/mol. The van der Waals surface area contributed by atoms with E-state index in [9.17, 15) is 4.79 Å². The van der Waals surface area contributed by atoms with Gasteiger partial charge in [0, 0.05) is 12.2 Å². The second-order valence-corrected chi connectivity index (χ2v) is 4.47. The zero-order valence-corrected chi connectivity index (χ0v) is 11.0. The molecule has 0 saturated carbocycles. The lowest BCUT2D eigenvalue weighted by Gasteiger charge is -2.13. The first kappa shape index (κ1) is 13.7. The van der Waals surface area contributed by atoms with Crippen LogP contribution in [0.1, 0.15) is 11.1 Å². The number of amides is 1. The Balaban J connectivity index is 2.79. The molecule has 1 aromatic carbocycles. The number of hydrogen-bond acceptors (Lipinski definition) is 3. The van der Waals surface area contributed by atoms with Crippen molar-refractivity contribution in [3.63, 3.8) is 0 Å². The summed E-state index contributed by atoms with van der Waals surface area (Å²) in [6.45, 7) is 3.20. The van der Waals surface area contributed by atoms with Gasteiger partial charge in [-0.05, 0) is 45.3 Å². The third kappa shape index (κ3) is 4.54. The zero-order valence-electron chi connectivity index (χ0n) is 11.0. The van der Waals surface area contributed by atoms with Gasteiger partial charge in [0.1, 0.15) is 0 Å². The summed E-state index contributed by atoms with van der Waals surface area (Å²) in [7, 11) is 5.81. The summed E-state index contributed by atoms with van der Waals surface area (Å²) in [5.41, 5.74) is 3.17. The average Bonchev–Trinajstić information content (AvgIpc) is 2.22. The number of hydrogen-bond donors (Lipinski definition) is 2. The normalized spacial score (nSPS) is 10.6. The second-order valence-electron chi connectivity index (χ2n) is 4.47. The molecule has 94 valence electrons. The maximum absolute atomic E-state index is 11.5. The first-order chi connectivity index (χ1) is 8.02. The maximum Gasteiger partial charge on any atom is 0.238 e. The van der Waals surface area contributed by atoms with Gasteiger partial charge in [-0.25, -0.2) is 0 Å². The third-order valence-electron chi connectivity index (χ3n) is 2.41. The van der Waals surface area contributed by atoms with Gasteiger partial charge in [0.25, 0.3) is 0 Å². The molecule has 0 saturated heterocycles. The molecule has 0 spiro atoms. The minimum atomic E-state index is -0.0161. The zero-order chi connectivity index (χ0) is 12.8. The number of likely N-dealkylation sites (N-methyl/N-ethyl adjacent to an activating group) is 1. The largest absolute Gasteiger partial charge is 0.325 e. The smallest absolute Gasteiger partial charge is 0.238 e. The van der Waals surface area contributed by atoms with Crippen molar-refractivity contribution in [2.24, 2.45) is 0 Å². The van der Waals surface area contributed by atoms with Crippen LogP contribution in [0.2, 0.25) is 0 Å². The fourth-order valence-electron chi connectivity index (χ4n) is 1.62. The molecular weight excluding hydrogens is 214 g/mol. The van der Waals surface area contributed by atoms with Crippen molar-refractivity contribution in [3.8, 4) is 0 Å². The van der Waals surface area contributed by atoms with E-state index in [1.807, 2.05) is 33.2 Å². The molecule has 4 nitrogen and oxygen atoms in total. The molecular formula is C13H21N3O. The Hall–Kier alpha value is -1.39. The quantitative estimate of drug-likeness (QED) is 0.806. The van der Waals surface area contributed by atoms with E-state index >= 15 is 0 Å². The van der Waals surface area contributed by atoms with Crippen molar-refractivity contribution in [2.75, 3.05) is 33.0 Å². The number of carbonyl (C=O) groups is 1. The standard InChI is InChI=1S/C13H21N3O/c1-10-5-6-11(9-16(3)4)7-12(10)15-13(17)8-14-2/h5-7,14H,8-9H2,1-4H3,(H,15,17). The molecule has 0 radical (unpaired) electrons. The first-order valence-corrected chi connectivity index (χ1v) is 5.71. The van der Waals surface area contributed by atoms with Crippen molar-refractivity contribution in [1.29, 1.82) is 0 Å². The Morgan fingerprint density at radius 2 is 2.06 bits per heavy atom. The fourth-order valence-corrected chi connectivity index (χ4v) is 1.62. The van der Waals surface area contributed by atoms with Crippen LogP contribution in [-0.2, 0) is 11.3 Å². The van der Waals surface area contributed by atoms with Crippen LogP contribution in [0, 0.1) is 6.92 Å². The summed E-state index contributed by atoms with van der Waals surface area (Å²) in [4.78, 5) is 13.6. The monoisotopic (exact) mass is 235 g/mol. The molecule has 0 aliphatic heterocycles. The number of nitrogens with zero attached hydrogens (tertiary/aromatic N) is 1. The molecule has 0 bridgehead atoms. The van der Waals surface area contributed by atoms with Gasteiger partial charge >= 0.3 is 0 Å². The SMILES string of the molecule is CNCC(=O)Nc1cc(CN(C)C)ccc1C. The van der Waals surface area contributed by atoms with Crippen LogP contribution >= 0.6 is 0 Å². The van der Waals surface area contributed by atoms with Crippen LogP contribution in [-0.4, -0.2) is 38.5 Å². The van der Waals surface area contributed by atoms with E-state index in [4.69, 9.17) is 0 Å². The summed E-state index contributed by atoms with van der Waals surface area (Å²) in [5, 5.41) is 5.74. The van der Waals surface area contributed by atoms with Crippen LogP contribution in [0.3, 0.4) is 0 Å². The lowest BCUT2D eigenvalue weighted by atomic mass is 10.1. The number of rotatable bonds is 5. The summed E-state index contributed by atoms with van der Waals surface area (Å²) >= 11 is 0. The van der Waals surface area contributed by atoms with Gasteiger partial charge in [0.05, 0.1) is 6.54 Å². The molecule has 0 unspecified atom stereocenters. The summed E-state index contributed by atoms with van der Waals surface area (Å²) in [6.07, 6.45) is 0. The maximum atomic E-state index is 11.5. The Morgan fingerprint density at radius 1 is 1.35 bits per heavy atom. The van der Waals surface area contributed by atoms with Crippen LogP contribution in [0.4, 0.5) is 5.69 Å². The van der Waals surface area contributed by atoms with E-state index in [1.54, 1.807) is 7.05 Å². The molecule has 1 rings (SSSR count). The number of nitrogens with one attached hydrogen (secondary N) is 2. The molecule has 0 atom stereocenters. The van der Waals surface area contributed by atoms with E-state index in [-0.39, 0.29) is 5.91 Å². The van der Waals surface area contributed by atoms with Crippen LogP contribution in [0.15, 0.2) is 18.2 Å². The topological polar surface area (TPSA) is 44.4 Å². The lowest BCUT2D eigenvalue weighted by molar-refractivity contribution is -0.115. The number of benzene rings is 1. The van der Waals surface area contributed by atoms with Gasteiger partial charge in [0.15, 0.2) is 0 Å². The molecule has 0 aromatic heterocycles. The lowest BCUT2D eigenvalue weighted by Crippen LogP contribution is -2.25. The van der Waals surface area contributed by atoms with E-state index in [0.29, 0.717) is 6.54 Å².